The molecule has 0 amide bonds. The van der Waals surface area contributed by atoms with Crippen LogP contribution in [-0.4, -0.2) is 29.7 Å². The monoisotopic (exact) mass is 394 g/mol. The molecule has 1 fully saturated rings. The zero-order valence-electron chi connectivity index (χ0n) is 15.4. The Bertz CT molecular complexity index is 1060. The highest BCUT2D eigenvalue weighted by atomic mass is 32.2. The van der Waals surface area contributed by atoms with Crippen LogP contribution in [-0.2, 0) is 16.6 Å². The minimum atomic E-state index is -3.49. The number of pyridine rings is 1. The van der Waals surface area contributed by atoms with E-state index < -0.39 is 10.0 Å². The van der Waals surface area contributed by atoms with Crippen LogP contribution in [0, 0.1) is 0 Å². The molecule has 0 aliphatic heterocycles. The number of rotatable bonds is 8. The molecule has 1 aromatic carbocycles. The molecule has 3 aromatic rings. The normalized spacial score (nSPS) is 14.6. The third-order valence-electron chi connectivity index (χ3n) is 4.65. The fourth-order valence-electron chi connectivity index (χ4n) is 3.06. The molecule has 0 bridgehead atoms. The van der Waals surface area contributed by atoms with E-state index in [4.69, 9.17) is 5.10 Å². The van der Waals surface area contributed by atoms with Gasteiger partial charge in [0.15, 0.2) is 0 Å². The van der Waals surface area contributed by atoms with Gasteiger partial charge in [0.05, 0.1) is 12.2 Å². The summed E-state index contributed by atoms with van der Waals surface area (Å²) in [5.41, 5.74) is 3.93. The van der Waals surface area contributed by atoms with Crippen molar-refractivity contribution >= 4 is 16.1 Å². The molecule has 2 aromatic heterocycles. The van der Waals surface area contributed by atoms with Crippen molar-refractivity contribution in [2.75, 3.05) is 6.54 Å². The molecule has 28 heavy (non-hydrogen) atoms. The van der Waals surface area contributed by atoms with Gasteiger partial charge in [-0.2, -0.15) is 5.10 Å². The maximum atomic E-state index is 12.2. The summed E-state index contributed by atoms with van der Waals surface area (Å²) in [6, 6.07) is 15.3. The smallest absolute Gasteiger partial charge is 0.233 e. The van der Waals surface area contributed by atoms with Gasteiger partial charge in [-0.25, -0.2) is 13.1 Å². The summed E-state index contributed by atoms with van der Waals surface area (Å²) < 4.78 is 29.0. The van der Waals surface area contributed by atoms with Crippen LogP contribution in [0.25, 0.3) is 17.3 Å². The van der Waals surface area contributed by atoms with Crippen molar-refractivity contribution in [3.05, 3.63) is 77.6 Å². The number of benzene rings is 1. The van der Waals surface area contributed by atoms with Gasteiger partial charge in [-0.05, 0) is 42.7 Å². The summed E-state index contributed by atoms with van der Waals surface area (Å²) >= 11 is 0. The number of hydrogen-bond acceptors (Lipinski definition) is 4. The van der Waals surface area contributed by atoms with E-state index in [9.17, 15) is 8.42 Å². The van der Waals surface area contributed by atoms with Gasteiger partial charge in [0.25, 0.3) is 0 Å². The molecule has 144 valence electrons. The molecule has 7 heteroatoms. The van der Waals surface area contributed by atoms with Crippen LogP contribution in [0.5, 0.6) is 0 Å². The average molecular weight is 395 g/mol. The second kappa shape index (κ2) is 8.08. The summed E-state index contributed by atoms with van der Waals surface area (Å²) in [6.07, 6.45) is 7.41. The fraction of sp³-hybridized carbons (Fsp3) is 0.238. The molecule has 2 heterocycles. The maximum Gasteiger partial charge on any atom is 0.233 e. The molecular weight excluding hydrogens is 372 g/mol. The van der Waals surface area contributed by atoms with Gasteiger partial charge in [0, 0.05) is 41.5 Å². The topological polar surface area (TPSA) is 76.9 Å². The van der Waals surface area contributed by atoms with Crippen LogP contribution >= 0.6 is 0 Å². The Labute approximate surface area is 165 Å². The van der Waals surface area contributed by atoms with E-state index in [0.717, 1.165) is 29.7 Å². The lowest BCUT2D eigenvalue weighted by Crippen LogP contribution is -2.26. The van der Waals surface area contributed by atoms with Crippen molar-refractivity contribution < 1.29 is 8.42 Å². The SMILES string of the molecule is O=S(=O)(/C=C/c1ccccc1)NCCn1nc(-c2ccncc2)cc1C1CC1. The van der Waals surface area contributed by atoms with Crippen LogP contribution < -0.4 is 4.72 Å². The summed E-state index contributed by atoms with van der Waals surface area (Å²) in [5.74, 6) is 0.526. The highest BCUT2D eigenvalue weighted by molar-refractivity contribution is 7.92. The molecule has 0 radical (unpaired) electrons. The molecule has 4 rings (SSSR count). The summed E-state index contributed by atoms with van der Waals surface area (Å²) in [6.45, 7) is 0.786. The highest BCUT2D eigenvalue weighted by Gasteiger charge is 2.28. The molecule has 1 N–H and O–H groups in total. The van der Waals surface area contributed by atoms with Crippen molar-refractivity contribution in [1.29, 1.82) is 0 Å². The molecule has 0 spiro atoms. The van der Waals surface area contributed by atoms with Crippen molar-refractivity contribution in [2.24, 2.45) is 0 Å². The predicted molar refractivity (Wildman–Crippen MR) is 110 cm³/mol. The lowest BCUT2D eigenvalue weighted by molar-refractivity contribution is 0.557. The summed E-state index contributed by atoms with van der Waals surface area (Å²) in [5, 5.41) is 5.89. The van der Waals surface area contributed by atoms with Crippen molar-refractivity contribution in [2.45, 2.75) is 25.3 Å². The van der Waals surface area contributed by atoms with Crippen LogP contribution in [0.4, 0.5) is 0 Å². The van der Waals surface area contributed by atoms with Gasteiger partial charge in [-0.15, -0.1) is 0 Å². The molecule has 0 unspecified atom stereocenters. The van der Waals surface area contributed by atoms with Crippen LogP contribution in [0.15, 0.2) is 66.3 Å². The zero-order chi connectivity index (χ0) is 19.4. The fourth-order valence-corrected chi connectivity index (χ4v) is 3.86. The summed E-state index contributed by atoms with van der Waals surface area (Å²) in [7, 11) is -3.49. The second-order valence-electron chi connectivity index (χ2n) is 6.84. The van der Waals surface area contributed by atoms with E-state index in [1.807, 2.05) is 47.1 Å². The minimum absolute atomic E-state index is 0.290. The molecule has 1 aliphatic carbocycles. The molecule has 1 saturated carbocycles. The van der Waals surface area contributed by atoms with Gasteiger partial charge in [-0.3, -0.25) is 9.67 Å². The van der Waals surface area contributed by atoms with Gasteiger partial charge < -0.3 is 0 Å². The molecule has 6 nitrogen and oxygen atoms in total. The first-order valence-corrected chi connectivity index (χ1v) is 10.9. The van der Waals surface area contributed by atoms with Crippen molar-refractivity contribution in [3.63, 3.8) is 0 Å². The largest absolute Gasteiger partial charge is 0.267 e. The molecule has 0 atom stereocenters. The number of aromatic nitrogens is 3. The standard InChI is InChI=1S/C21H22N4O2S/c26-28(27,15-10-17-4-2-1-3-5-17)23-13-14-25-21(19-6-7-19)16-20(24-25)18-8-11-22-12-9-18/h1-5,8-12,15-16,19,23H,6-7,13-14H2/b15-10+. The van der Waals surface area contributed by atoms with E-state index in [2.05, 4.69) is 15.8 Å². The number of nitrogens with one attached hydrogen (secondary N) is 1. The van der Waals surface area contributed by atoms with Crippen molar-refractivity contribution in [1.82, 2.24) is 19.5 Å². The van der Waals surface area contributed by atoms with Crippen molar-refractivity contribution in [3.8, 4) is 11.3 Å². The Balaban J connectivity index is 1.42. The minimum Gasteiger partial charge on any atom is -0.267 e. The Hall–Kier alpha value is -2.77. The Kier molecular flexibility index (Phi) is 5.36. The van der Waals surface area contributed by atoms with Crippen LogP contribution in [0.1, 0.15) is 30.0 Å². The second-order valence-corrected chi connectivity index (χ2v) is 8.49. The Morgan fingerprint density at radius 1 is 1.11 bits per heavy atom. The zero-order valence-corrected chi connectivity index (χ0v) is 16.2. The lowest BCUT2D eigenvalue weighted by atomic mass is 10.2. The first kappa shape index (κ1) is 18.6. The Morgan fingerprint density at radius 2 is 1.86 bits per heavy atom. The number of hydrogen-bond donors (Lipinski definition) is 1. The number of nitrogens with zero attached hydrogens (tertiary/aromatic N) is 3. The third kappa shape index (κ3) is 4.74. The highest BCUT2D eigenvalue weighted by Crippen LogP contribution is 2.41. The lowest BCUT2D eigenvalue weighted by Gasteiger charge is -2.07. The first-order chi connectivity index (χ1) is 13.6. The molecule has 0 saturated heterocycles. The molecule has 1 aliphatic rings. The quantitative estimate of drug-likeness (QED) is 0.635. The first-order valence-electron chi connectivity index (χ1n) is 9.32. The van der Waals surface area contributed by atoms with Gasteiger partial charge in [0.2, 0.25) is 10.0 Å². The van der Waals surface area contributed by atoms with Crippen LogP contribution in [0.3, 0.4) is 0 Å². The van der Waals surface area contributed by atoms with E-state index in [1.54, 1.807) is 18.5 Å². The maximum absolute atomic E-state index is 12.2. The van der Waals surface area contributed by atoms with E-state index in [1.165, 1.54) is 11.1 Å². The predicted octanol–water partition coefficient (Wildman–Crippen LogP) is 3.41. The van der Waals surface area contributed by atoms with Gasteiger partial charge in [0.1, 0.15) is 0 Å². The average Bonchev–Trinajstić information content (AvgIpc) is 3.48. The summed E-state index contributed by atoms with van der Waals surface area (Å²) in [4.78, 5) is 4.05. The molecular formula is C21H22N4O2S. The van der Waals surface area contributed by atoms with E-state index in [-0.39, 0.29) is 0 Å². The Morgan fingerprint density at radius 3 is 2.57 bits per heavy atom. The van der Waals surface area contributed by atoms with Crippen LogP contribution in [0.2, 0.25) is 0 Å². The van der Waals surface area contributed by atoms with E-state index >= 15 is 0 Å². The third-order valence-corrected chi connectivity index (χ3v) is 5.75. The van der Waals surface area contributed by atoms with Gasteiger partial charge in [-0.1, -0.05) is 30.3 Å². The van der Waals surface area contributed by atoms with Gasteiger partial charge >= 0.3 is 0 Å². The number of sulfonamides is 1. The van der Waals surface area contributed by atoms with E-state index in [0.29, 0.717) is 19.0 Å².